The van der Waals surface area contributed by atoms with Crippen LogP contribution < -0.4 is 11.1 Å². The molecule has 0 fully saturated rings. The highest BCUT2D eigenvalue weighted by molar-refractivity contribution is 7.80. The Morgan fingerprint density at radius 2 is 2.00 bits per heavy atom. The van der Waals surface area contributed by atoms with E-state index in [-0.39, 0.29) is 17.7 Å². The number of carbonyl (C=O) groups is 2. The maximum absolute atomic E-state index is 12.4. The molecule has 0 bridgehead atoms. The Bertz CT molecular complexity index is 533. The lowest BCUT2D eigenvalue weighted by Crippen LogP contribution is -2.44. The van der Waals surface area contributed by atoms with Crippen molar-refractivity contribution >= 4 is 24.4 Å². The maximum Gasteiger partial charge on any atom is 0.221 e. The van der Waals surface area contributed by atoms with Gasteiger partial charge in [-0.2, -0.15) is 12.6 Å². The molecule has 0 saturated carbocycles. The maximum atomic E-state index is 12.4. The first-order valence-corrected chi connectivity index (χ1v) is 10.5. The monoisotopic (exact) mass is 381 g/mol. The molecule has 26 heavy (non-hydrogen) atoms. The summed E-state index contributed by atoms with van der Waals surface area (Å²) in [6.07, 6.45) is 8.23. The topological polar surface area (TPSA) is 88.0 Å². The second-order valence-corrected chi connectivity index (χ2v) is 7.46. The van der Waals surface area contributed by atoms with Gasteiger partial charge in [-0.15, -0.1) is 0 Å². The fraction of sp³-hybridized carbons (Fsp3) is 0.700. The van der Waals surface area contributed by atoms with Gasteiger partial charge in [0, 0.05) is 36.2 Å². The predicted molar refractivity (Wildman–Crippen MR) is 110 cm³/mol. The van der Waals surface area contributed by atoms with Gasteiger partial charge in [0.25, 0.3) is 0 Å². The van der Waals surface area contributed by atoms with Crippen molar-refractivity contribution in [3.05, 3.63) is 24.0 Å². The summed E-state index contributed by atoms with van der Waals surface area (Å²) >= 11 is 4.45. The fourth-order valence-electron chi connectivity index (χ4n) is 3.70. The van der Waals surface area contributed by atoms with E-state index in [0.717, 1.165) is 37.8 Å². The number of unbranched alkanes of at least 4 members (excludes halogenated alkanes) is 2. The van der Waals surface area contributed by atoms with Crippen LogP contribution in [0.2, 0.25) is 0 Å². The zero-order valence-electron chi connectivity index (χ0n) is 16.2. The number of H-pyrrole nitrogens is 1. The van der Waals surface area contributed by atoms with Crippen LogP contribution in [0.5, 0.6) is 0 Å². The zero-order chi connectivity index (χ0) is 19.4. The number of carbonyl (C=O) groups excluding carboxylic acids is 2. The van der Waals surface area contributed by atoms with Crippen molar-refractivity contribution in [3.8, 4) is 0 Å². The Labute approximate surface area is 163 Å². The Hall–Kier alpha value is -1.43. The lowest BCUT2D eigenvalue weighted by molar-refractivity contribution is -0.126. The van der Waals surface area contributed by atoms with Gasteiger partial charge in [0.1, 0.15) is 0 Å². The van der Waals surface area contributed by atoms with Gasteiger partial charge >= 0.3 is 0 Å². The van der Waals surface area contributed by atoms with Crippen molar-refractivity contribution in [2.75, 3.05) is 12.3 Å². The van der Waals surface area contributed by atoms with Crippen LogP contribution in [0.15, 0.2) is 18.3 Å². The second-order valence-electron chi connectivity index (χ2n) is 7.01. The molecule has 0 aliphatic heterocycles. The number of aromatic amines is 1. The smallest absolute Gasteiger partial charge is 0.221 e. The normalized spacial score (nSPS) is 14.6. The molecule has 2 atom stereocenters. The molecule has 1 rings (SSSR count). The second kappa shape index (κ2) is 12.0. The van der Waals surface area contributed by atoms with Gasteiger partial charge in [0.15, 0.2) is 0 Å². The number of amides is 2. The van der Waals surface area contributed by atoms with E-state index in [1.807, 2.05) is 18.3 Å². The summed E-state index contributed by atoms with van der Waals surface area (Å²) in [5.41, 5.74) is 6.33. The molecule has 2 amide bonds. The first-order valence-electron chi connectivity index (χ1n) is 9.82. The van der Waals surface area contributed by atoms with E-state index < -0.39 is 5.41 Å². The number of hydrogen-bond acceptors (Lipinski definition) is 3. The summed E-state index contributed by atoms with van der Waals surface area (Å²) in [6, 6.07) is 3.93. The molecule has 4 N–H and O–H groups in total. The molecule has 0 aliphatic carbocycles. The molecular formula is C20H35N3O2S. The standard InChI is InChI=1S/C20H35N3O2S/c1-3-5-8-16(19(21)25)20(12-15-26,17-9-7-14-22-17)11-10-18(24)23-13-6-4-2/h7,9,14,16,22,26H,3-6,8,10-13,15H2,1-2H3,(H2,21,25)(H,23,24). The molecule has 0 aromatic carbocycles. The first kappa shape index (κ1) is 22.6. The number of aromatic nitrogens is 1. The van der Waals surface area contributed by atoms with Crippen molar-refractivity contribution in [1.82, 2.24) is 10.3 Å². The number of hydrogen-bond donors (Lipinski definition) is 4. The average Bonchev–Trinajstić information content (AvgIpc) is 3.15. The zero-order valence-corrected chi connectivity index (χ0v) is 17.1. The SMILES string of the molecule is CCCCNC(=O)CCC(CCS)(c1ccc[nH]1)C(CCCC)C(N)=O. The Balaban J connectivity index is 3.06. The largest absolute Gasteiger partial charge is 0.369 e. The van der Waals surface area contributed by atoms with Gasteiger partial charge in [0.05, 0.1) is 0 Å². The van der Waals surface area contributed by atoms with Crippen LogP contribution in [0.25, 0.3) is 0 Å². The number of rotatable bonds is 14. The molecule has 2 unspecified atom stereocenters. The van der Waals surface area contributed by atoms with Crippen LogP contribution in [0.3, 0.4) is 0 Å². The van der Waals surface area contributed by atoms with Crippen molar-refractivity contribution in [1.29, 1.82) is 0 Å². The lowest BCUT2D eigenvalue weighted by atomic mass is 9.65. The number of primary amides is 1. The van der Waals surface area contributed by atoms with Crippen molar-refractivity contribution in [2.24, 2.45) is 11.7 Å². The van der Waals surface area contributed by atoms with Crippen LogP contribution in [0.1, 0.15) is 70.9 Å². The third-order valence-corrected chi connectivity index (χ3v) is 5.42. The summed E-state index contributed by atoms with van der Waals surface area (Å²) < 4.78 is 0. The van der Waals surface area contributed by atoms with E-state index in [1.54, 1.807) is 0 Å². The average molecular weight is 382 g/mol. The van der Waals surface area contributed by atoms with E-state index in [1.165, 1.54) is 0 Å². The Morgan fingerprint density at radius 1 is 1.27 bits per heavy atom. The quantitative estimate of drug-likeness (QED) is 0.293. The van der Waals surface area contributed by atoms with E-state index >= 15 is 0 Å². The van der Waals surface area contributed by atoms with Gasteiger partial charge in [0.2, 0.25) is 11.8 Å². The van der Waals surface area contributed by atoms with Crippen molar-refractivity contribution in [2.45, 2.75) is 70.6 Å². The number of nitrogens with two attached hydrogens (primary N) is 1. The highest BCUT2D eigenvalue weighted by Crippen LogP contribution is 2.42. The summed E-state index contributed by atoms with van der Waals surface area (Å²) in [6.45, 7) is 4.90. The summed E-state index contributed by atoms with van der Waals surface area (Å²) in [5, 5.41) is 2.97. The Kier molecular flexibility index (Phi) is 10.5. The minimum atomic E-state index is -0.478. The van der Waals surface area contributed by atoms with Gasteiger partial charge in [-0.3, -0.25) is 9.59 Å². The van der Waals surface area contributed by atoms with E-state index in [2.05, 4.69) is 36.8 Å². The van der Waals surface area contributed by atoms with E-state index in [0.29, 0.717) is 31.6 Å². The molecule has 1 aromatic rings. The minimum absolute atomic E-state index is 0.0345. The third-order valence-electron chi connectivity index (χ3n) is 5.20. The summed E-state index contributed by atoms with van der Waals surface area (Å²) in [7, 11) is 0. The van der Waals surface area contributed by atoms with Gasteiger partial charge in [-0.05, 0) is 43.6 Å². The molecule has 1 heterocycles. The molecule has 148 valence electrons. The molecule has 0 aliphatic rings. The summed E-state index contributed by atoms with van der Waals surface area (Å²) in [5.74, 6) is 0.0667. The summed E-state index contributed by atoms with van der Waals surface area (Å²) in [4.78, 5) is 27.9. The van der Waals surface area contributed by atoms with Gasteiger partial charge in [-0.1, -0.05) is 33.1 Å². The van der Waals surface area contributed by atoms with E-state index in [4.69, 9.17) is 5.73 Å². The fourth-order valence-corrected chi connectivity index (χ4v) is 4.10. The molecule has 0 saturated heterocycles. The highest BCUT2D eigenvalue weighted by atomic mass is 32.1. The third kappa shape index (κ3) is 6.38. The van der Waals surface area contributed by atoms with Crippen LogP contribution >= 0.6 is 12.6 Å². The minimum Gasteiger partial charge on any atom is -0.369 e. The molecule has 6 heteroatoms. The number of nitrogens with one attached hydrogen (secondary N) is 2. The molecular weight excluding hydrogens is 346 g/mol. The van der Waals surface area contributed by atoms with Gasteiger partial charge < -0.3 is 16.0 Å². The molecule has 1 aromatic heterocycles. The van der Waals surface area contributed by atoms with Crippen molar-refractivity contribution in [3.63, 3.8) is 0 Å². The first-order chi connectivity index (χ1) is 12.5. The predicted octanol–water partition coefficient (Wildman–Crippen LogP) is 3.56. The highest BCUT2D eigenvalue weighted by Gasteiger charge is 2.43. The Morgan fingerprint density at radius 3 is 2.54 bits per heavy atom. The van der Waals surface area contributed by atoms with Crippen LogP contribution in [0.4, 0.5) is 0 Å². The van der Waals surface area contributed by atoms with Crippen molar-refractivity contribution < 1.29 is 9.59 Å². The van der Waals surface area contributed by atoms with Crippen LogP contribution in [-0.4, -0.2) is 29.1 Å². The van der Waals surface area contributed by atoms with Crippen LogP contribution in [-0.2, 0) is 15.0 Å². The molecule has 5 nitrogen and oxygen atoms in total. The molecule has 0 radical (unpaired) electrons. The van der Waals surface area contributed by atoms with Crippen LogP contribution in [0, 0.1) is 5.92 Å². The number of thiol groups is 1. The lowest BCUT2D eigenvalue weighted by Gasteiger charge is -2.39. The molecule has 0 spiro atoms. The van der Waals surface area contributed by atoms with E-state index in [9.17, 15) is 9.59 Å². The van der Waals surface area contributed by atoms with Gasteiger partial charge in [-0.25, -0.2) is 0 Å².